The van der Waals surface area contributed by atoms with E-state index in [-0.39, 0.29) is 56.2 Å². The maximum Gasteiger partial charge on any atom is 0.416 e. The van der Waals surface area contributed by atoms with Gasteiger partial charge in [-0.15, -0.1) is 10.2 Å². The molecule has 4 aromatic carbocycles. The first-order chi connectivity index (χ1) is 28.2. The average molecular weight is 875 g/mol. The Bertz CT molecular complexity index is 2620. The Kier molecular flexibility index (Phi) is 11.8. The maximum absolute atomic E-state index is 16.2. The predicted octanol–water partition coefficient (Wildman–Crippen LogP) is 9.69. The van der Waals surface area contributed by atoms with Gasteiger partial charge in [0.2, 0.25) is 5.13 Å². The number of rotatable bonds is 13. The molecule has 21 heteroatoms. The van der Waals surface area contributed by atoms with Crippen molar-refractivity contribution in [2.45, 2.75) is 43.1 Å². The van der Waals surface area contributed by atoms with E-state index in [1.165, 1.54) is 60.9 Å². The summed E-state index contributed by atoms with van der Waals surface area (Å²) in [5.74, 6) is -1.71. The molecule has 7 rings (SSSR count). The molecule has 1 unspecified atom stereocenters. The molecule has 14 nitrogen and oxygen atoms in total. The van der Waals surface area contributed by atoms with Crippen molar-refractivity contribution in [3.63, 3.8) is 0 Å². The summed E-state index contributed by atoms with van der Waals surface area (Å²) in [6, 6.07) is 14.9. The monoisotopic (exact) mass is 874 g/mol. The first-order valence-corrected chi connectivity index (χ1v) is 20.2. The lowest BCUT2D eigenvalue weighted by Gasteiger charge is -2.23. The Morgan fingerprint density at radius 2 is 1.80 bits per heavy atom. The lowest BCUT2D eigenvalue weighted by Crippen LogP contribution is -2.31. The Hall–Kier alpha value is -5.83. The second kappa shape index (κ2) is 16.8. The number of aromatic nitrogens is 4. The zero-order valence-electron chi connectivity index (χ0n) is 30.9. The quantitative estimate of drug-likeness (QED) is 0.0617. The second-order valence-corrected chi connectivity index (χ2v) is 16.0. The molecule has 3 heterocycles. The van der Waals surface area contributed by atoms with Gasteiger partial charge in [-0.3, -0.25) is 0 Å². The van der Waals surface area contributed by atoms with E-state index < -0.39 is 49.4 Å². The molecular formula is C38H31ClF4N6O8S2. The van der Waals surface area contributed by atoms with E-state index >= 15 is 4.39 Å². The van der Waals surface area contributed by atoms with Gasteiger partial charge in [0, 0.05) is 29.9 Å². The van der Waals surface area contributed by atoms with Gasteiger partial charge < -0.3 is 29.1 Å². The molecule has 0 amide bonds. The van der Waals surface area contributed by atoms with Gasteiger partial charge in [0.15, 0.2) is 6.23 Å². The van der Waals surface area contributed by atoms with Gasteiger partial charge in [0.05, 0.1) is 42.6 Å². The molecule has 1 fully saturated rings. The van der Waals surface area contributed by atoms with Crippen molar-refractivity contribution >= 4 is 43.9 Å². The van der Waals surface area contributed by atoms with Crippen LogP contribution in [0.15, 0.2) is 89.4 Å². The Labute approximate surface area is 342 Å². The third kappa shape index (κ3) is 8.66. The summed E-state index contributed by atoms with van der Waals surface area (Å²) in [7, 11) is -1.93. The fraction of sp³-hybridized carbons (Fsp3) is 0.237. The Balaban J connectivity index is 1.30. The van der Waals surface area contributed by atoms with Crippen LogP contribution >= 0.6 is 22.9 Å². The zero-order valence-corrected chi connectivity index (χ0v) is 33.2. The number of hydrogen-bond donors (Lipinski definition) is 0. The molecule has 0 saturated carbocycles. The summed E-state index contributed by atoms with van der Waals surface area (Å²) in [5.41, 5.74) is 1.00. The Morgan fingerprint density at radius 3 is 2.47 bits per heavy atom. The van der Waals surface area contributed by atoms with Crippen LogP contribution in [-0.2, 0) is 27.5 Å². The molecule has 1 aliphatic rings. The maximum atomic E-state index is 16.2. The fourth-order valence-electron chi connectivity index (χ4n) is 6.36. The number of methoxy groups -OCH3 is 2. The molecule has 308 valence electrons. The predicted molar refractivity (Wildman–Crippen MR) is 208 cm³/mol. The molecule has 2 aromatic heterocycles. The highest BCUT2D eigenvalue weighted by Gasteiger charge is 2.34. The zero-order chi connectivity index (χ0) is 42.1. The first kappa shape index (κ1) is 41.3. The van der Waals surface area contributed by atoms with Crippen molar-refractivity contribution in [3.8, 4) is 45.3 Å². The third-order valence-corrected chi connectivity index (χ3v) is 12.1. The van der Waals surface area contributed by atoms with Crippen molar-refractivity contribution in [1.29, 1.82) is 0 Å². The van der Waals surface area contributed by atoms with Crippen molar-refractivity contribution in [2.24, 2.45) is 0 Å². The van der Waals surface area contributed by atoms with Crippen LogP contribution in [0.2, 0.25) is 5.02 Å². The molecule has 0 N–H and O–H groups in total. The molecule has 1 saturated heterocycles. The van der Waals surface area contributed by atoms with Gasteiger partial charge in [-0.25, -0.2) is 17.1 Å². The van der Waals surface area contributed by atoms with E-state index in [1.54, 1.807) is 18.2 Å². The normalized spacial score (nSPS) is 14.5. The molecule has 1 atom stereocenters. The van der Waals surface area contributed by atoms with Crippen LogP contribution in [0.3, 0.4) is 0 Å². The van der Waals surface area contributed by atoms with E-state index in [9.17, 15) is 31.7 Å². The summed E-state index contributed by atoms with van der Waals surface area (Å²) in [6.07, 6.45) is -1.84. The molecule has 0 aliphatic carbocycles. The average Bonchev–Trinajstić information content (AvgIpc) is 3.93. The topological polar surface area (TPSA) is 161 Å². The smallest absolute Gasteiger partial charge is 0.416 e. The highest BCUT2D eigenvalue weighted by molar-refractivity contribution is 7.93. The van der Waals surface area contributed by atoms with Crippen LogP contribution in [-0.4, -0.2) is 54.1 Å². The summed E-state index contributed by atoms with van der Waals surface area (Å²) >= 11 is 7.50. The molecule has 0 spiro atoms. The van der Waals surface area contributed by atoms with Gasteiger partial charge in [0.25, 0.3) is 10.0 Å². The number of benzene rings is 4. The van der Waals surface area contributed by atoms with E-state index in [4.69, 9.17) is 30.5 Å². The van der Waals surface area contributed by atoms with Crippen LogP contribution in [0.1, 0.15) is 36.6 Å². The minimum Gasteiger partial charge on any atom is -0.497 e. The van der Waals surface area contributed by atoms with E-state index in [0.717, 1.165) is 52.7 Å². The van der Waals surface area contributed by atoms with E-state index in [0.29, 0.717) is 24.3 Å². The van der Waals surface area contributed by atoms with Gasteiger partial charge >= 0.3 is 12.0 Å². The standard InChI is InChI=1S/C38H31ClF4N6O8S2/c1-54-26-11-9-24(32(16-26)55-2)19-48(37-45-44-21-58-37)59(52,53)34-17-29(39)33(18-30(34)40)57-31-12-10-23(22-6-5-7-25(14-22)38(41,42)43)15-27(31)28-20-47(46-36(28)49(50)51)35-8-3-4-13-56-35/h5-7,9-12,14-18,20-21,35H,3-4,8,13,19H2,1-2H3. The number of nitro groups is 1. The summed E-state index contributed by atoms with van der Waals surface area (Å²) in [5, 5.41) is 23.7. The molecule has 6 aromatic rings. The SMILES string of the molecule is COc1ccc(CN(c2nncs2)S(=O)(=O)c2cc(Cl)c(Oc3ccc(-c4cccc(C(F)(F)F)c4)cc3-c3cn(C4CCCCO4)nc3[N+](=O)[O-])cc2F)c(OC)c1. The van der Waals surface area contributed by atoms with Gasteiger partial charge in [-0.1, -0.05) is 41.1 Å². The van der Waals surface area contributed by atoms with Crippen molar-refractivity contribution in [2.75, 3.05) is 25.1 Å². The van der Waals surface area contributed by atoms with Gasteiger partial charge in [-0.05, 0) is 77.8 Å². The number of hydrogen-bond acceptors (Lipinski definition) is 12. The number of ether oxygens (including phenoxy) is 4. The molecule has 1 aliphatic heterocycles. The summed E-state index contributed by atoms with van der Waals surface area (Å²) < 4.78 is 110. The Morgan fingerprint density at radius 1 is 1.00 bits per heavy atom. The highest BCUT2D eigenvalue weighted by atomic mass is 35.5. The van der Waals surface area contributed by atoms with Crippen molar-refractivity contribution in [1.82, 2.24) is 20.0 Å². The van der Waals surface area contributed by atoms with Crippen LogP contribution in [0.5, 0.6) is 23.0 Å². The summed E-state index contributed by atoms with van der Waals surface area (Å²) in [6.45, 7) is 0.0386. The number of sulfonamides is 1. The second-order valence-electron chi connectivity index (χ2n) is 12.9. The number of halogens is 5. The van der Waals surface area contributed by atoms with Gasteiger partial charge in [0.1, 0.15) is 44.8 Å². The molecule has 0 bridgehead atoms. The minimum atomic E-state index is -4.77. The van der Waals surface area contributed by atoms with Crippen molar-refractivity contribution < 1.29 is 49.9 Å². The fourth-order valence-corrected chi connectivity index (χ4v) is 8.88. The highest BCUT2D eigenvalue weighted by Crippen LogP contribution is 2.44. The number of anilines is 1. The lowest BCUT2D eigenvalue weighted by atomic mass is 9.98. The molecular weight excluding hydrogens is 844 g/mol. The van der Waals surface area contributed by atoms with Crippen LogP contribution < -0.4 is 18.5 Å². The minimum absolute atomic E-state index is 0.0160. The van der Waals surface area contributed by atoms with Crippen LogP contribution in [0, 0.1) is 15.9 Å². The number of nitrogens with zero attached hydrogens (tertiary/aromatic N) is 6. The first-order valence-electron chi connectivity index (χ1n) is 17.5. The van der Waals surface area contributed by atoms with E-state index in [1.807, 2.05) is 0 Å². The lowest BCUT2D eigenvalue weighted by molar-refractivity contribution is -0.389. The number of alkyl halides is 3. The van der Waals surface area contributed by atoms with Crippen LogP contribution in [0.25, 0.3) is 22.3 Å². The van der Waals surface area contributed by atoms with Gasteiger partial charge in [-0.2, -0.15) is 17.9 Å². The molecule has 59 heavy (non-hydrogen) atoms. The van der Waals surface area contributed by atoms with Crippen molar-refractivity contribution in [3.05, 3.63) is 117 Å². The molecule has 0 radical (unpaired) electrons. The van der Waals surface area contributed by atoms with Crippen LogP contribution in [0.4, 0.5) is 28.5 Å². The summed E-state index contributed by atoms with van der Waals surface area (Å²) in [4.78, 5) is 10.8. The van der Waals surface area contributed by atoms with E-state index in [2.05, 4.69) is 15.3 Å². The largest absolute Gasteiger partial charge is 0.497 e. The third-order valence-electron chi connectivity index (χ3n) is 9.27.